The first-order valence-corrected chi connectivity index (χ1v) is 11.4. The maximum absolute atomic E-state index is 13.8. The van der Waals surface area contributed by atoms with Crippen molar-refractivity contribution in [2.24, 2.45) is 0 Å². The third-order valence-corrected chi connectivity index (χ3v) is 6.09. The fourth-order valence-electron chi connectivity index (χ4n) is 3.51. The van der Waals surface area contributed by atoms with E-state index in [0.717, 1.165) is 27.9 Å². The first-order chi connectivity index (χ1) is 16.4. The molecule has 0 fully saturated rings. The number of aromatic nitrogens is 1. The third-order valence-electron chi connectivity index (χ3n) is 5.05. The number of benzene rings is 3. The number of hydrogen-bond donors (Lipinski definition) is 2. The second-order valence-corrected chi connectivity index (χ2v) is 8.42. The molecule has 1 heterocycles. The predicted molar refractivity (Wildman–Crippen MR) is 126 cm³/mol. The Morgan fingerprint density at radius 2 is 1.65 bits per heavy atom. The number of halogens is 3. The number of thioether (sulfide) groups is 1. The molecule has 5 nitrogen and oxygen atoms in total. The molecule has 0 atom stereocenters. The van der Waals surface area contributed by atoms with E-state index >= 15 is 0 Å². The SMILES string of the molecule is O=C(CSc1cn(CCNC(=O)c2c(F)cccc2F)c2ccccc12)Nc1cccc(F)c1. The van der Waals surface area contributed by atoms with E-state index < -0.39 is 28.9 Å². The molecular formula is C25H20F3N3O2S. The molecule has 2 N–H and O–H groups in total. The number of carbonyl (C=O) groups excluding carboxylic acids is 2. The van der Waals surface area contributed by atoms with Crippen molar-refractivity contribution >= 4 is 40.2 Å². The Bertz CT molecular complexity index is 1340. The monoisotopic (exact) mass is 483 g/mol. The summed E-state index contributed by atoms with van der Waals surface area (Å²) in [7, 11) is 0. The quantitative estimate of drug-likeness (QED) is 0.338. The summed E-state index contributed by atoms with van der Waals surface area (Å²) in [5.41, 5.74) is 0.664. The van der Waals surface area contributed by atoms with Crippen LogP contribution in [0.5, 0.6) is 0 Å². The molecule has 0 unspecified atom stereocenters. The molecule has 3 aromatic carbocycles. The summed E-state index contributed by atoms with van der Waals surface area (Å²) in [6, 6.07) is 16.5. The lowest BCUT2D eigenvalue weighted by molar-refractivity contribution is -0.113. The normalized spacial score (nSPS) is 10.9. The molecule has 174 valence electrons. The van der Waals surface area contributed by atoms with E-state index in [1.54, 1.807) is 6.07 Å². The fourth-order valence-corrected chi connectivity index (χ4v) is 4.40. The van der Waals surface area contributed by atoms with E-state index in [0.29, 0.717) is 12.2 Å². The van der Waals surface area contributed by atoms with Crippen molar-refractivity contribution in [2.45, 2.75) is 11.4 Å². The van der Waals surface area contributed by atoms with E-state index in [9.17, 15) is 22.8 Å². The molecule has 0 spiro atoms. The Morgan fingerprint density at radius 1 is 0.912 bits per heavy atom. The van der Waals surface area contributed by atoms with Crippen molar-refractivity contribution in [2.75, 3.05) is 17.6 Å². The van der Waals surface area contributed by atoms with Crippen molar-refractivity contribution in [1.29, 1.82) is 0 Å². The maximum atomic E-state index is 13.8. The highest BCUT2D eigenvalue weighted by Gasteiger charge is 2.17. The number of para-hydroxylation sites is 1. The summed E-state index contributed by atoms with van der Waals surface area (Å²) >= 11 is 1.33. The topological polar surface area (TPSA) is 63.1 Å². The Hall–Kier alpha value is -3.72. The van der Waals surface area contributed by atoms with Gasteiger partial charge < -0.3 is 15.2 Å². The molecule has 0 saturated heterocycles. The molecule has 0 aliphatic heterocycles. The number of nitrogens with one attached hydrogen (secondary N) is 2. The van der Waals surface area contributed by atoms with E-state index in [1.165, 1.54) is 36.0 Å². The van der Waals surface area contributed by atoms with Crippen LogP contribution in [0.3, 0.4) is 0 Å². The molecular weight excluding hydrogens is 463 g/mol. The van der Waals surface area contributed by atoms with Gasteiger partial charge in [-0.25, -0.2) is 13.2 Å². The highest BCUT2D eigenvalue weighted by molar-refractivity contribution is 8.00. The largest absolute Gasteiger partial charge is 0.350 e. The highest BCUT2D eigenvalue weighted by atomic mass is 32.2. The minimum Gasteiger partial charge on any atom is -0.350 e. The van der Waals surface area contributed by atoms with Crippen LogP contribution in [0.25, 0.3) is 10.9 Å². The fraction of sp³-hybridized carbons (Fsp3) is 0.120. The van der Waals surface area contributed by atoms with Gasteiger partial charge in [-0.3, -0.25) is 9.59 Å². The molecule has 9 heteroatoms. The van der Waals surface area contributed by atoms with Crippen LogP contribution in [-0.2, 0) is 11.3 Å². The zero-order valence-electron chi connectivity index (χ0n) is 17.9. The van der Waals surface area contributed by atoms with Gasteiger partial charge in [0.2, 0.25) is 5.91 Å². The Morgan fingerprint density at radius 3 is 2.41 bits per heavy atom. The van der Waals surface area contributed by atoms with Crippen molar-refractivity contribution in [3.05, 3.63) is 95.9 Å². The average Bonchev–Trinajstić information content (AvgIpc) is 3.15. The van der Waals surface area contributed by atoms with Crippen LogP contribution in [-0.4, -0.2) is 28.7 Å². The van der Waals surface area contributed by atoms with Crippen molar-refractivity contribution < 1.29 is 22.8 Å². The van der Waals surface area contributed by atoms with Crippen LogP contribution in [0, 0.1) is 17.5 Å². The van der Waals surface area contributed by atoms with E-state index in [1.807, 2.05) is 35.0 Å². The van der Waals surface area contributed by atoms with Gasteiger partial charge in [-0.05, 0) is 36.4 Å². The van der Waals surface area contributed by atoms with Gasteiger partial charge in [-0.2, -0.15) is 0 Å². The van der Waals surface area contributed by atoms with Crippen LogP contribution in [0.2, 0.25) is 0 Å². The molecule has 4 rings (SSSR count). The van der Waals surface area contributed by atoms with Crippen LogP contribution < -0.4 is 10.6 Å². The van der Waals surface area contributed by atoms with Gasteiger partial charge in [-0.1, -0.05) is 30.3 Å². The predicted octanol–water partition coefficient (Wildman–Crippen LogP) is 5.22. The summed E-state index contributed by atoms with van der Waals surface area (Å²) in [6.45, 7) is 0.508. The molecule has 0 aliphatic rings. The smallest absolute Gasteiger partial charge is 0.257 e. The molecule has 4 aromatic rings. The second-order valence-electron chi connectivity index (χ2n) is 7.40. The van der Waals surface area contributed by atoms with Crippen LogP contribution in [0.4, 0.5) is 18.9 Å². The summed E-state index contributed by atoms with van der Waals surface area (Å²) in [5, 5.41) is 6.14. The summed E-state index contributed by atoms with van der Waals surface area (Å²) in [5.74, 6) is -3.24. The standard InChI is InChI=1S/C25H20F3N3O2S/c26-16-5-3-6-17(13-16)30-23(32)15-34-22-14-31(21-10-2-1-7-18(21)22)12-11-29-25(33)24-19(27)8-4-9-20(24)28/h1-10,13-14H,11-12,15H2,(H,29,33)(H,30,32). The Kier molecular flexibility index (Phi) is 7.22. The number of anilines is 1. The molecule has 0 bridgehead atoms. The van der Waals surface area contributed by atoms with Crippen LogP contribution in [0.1, 0.15) is 10.4 Å². The van der Waals surface area contributed by atoms with Crippen LogP contribution >= 0.6 is 11.8 Å². The van der Waals surface area contributed by atoms with Gasteiger partial charge >= 0.3 is 0 Å². The Labute approximate surface area is 198 Å². The van der Waals surface area contributed by atoms with Crippen molar-refractivity contribution in [3.8, 4) is 0 Å². The van der Waals surface area contributed by atoms with Gasteiger partial charge in [-0.15, -0.1) is 11.8 Å². The molecule has 0 radical (unpaired) electrons. The summed E-state index contributed by atoms with van der Waals surface area (Å²) in [6.07, 6.45) is 1.86. The van der Waals surface area contributed by atoms with Gasteiger partial charge in [0.1, 0.15) is 23.0 Å². The van der Waals surface area contributed by atoms with E-state index in [2.05, 4.69) is 10.6 Å². The lowest BCUT2D eigenvalue weighted by Gasteiger charge is -2.09. The lowest BCUT2D eigenvalue weighted by Crippen LogP contribution is -2.28. The number of amides is 2. The lowest BCUT2D eigenvalue weighted by atomic mass is 10.2. The summed E-state index contributed by atoms with van der Waals surface area (Å²) < 4.78 is 42.8. The molecule has 0 aliphatic carbocycles. The number of rotatable bonds is 8. The second kappa shape index (κ2) is 10.5. The minimum absolute atomic E-state index is 0.119. The molecule has 34 heavy (non-hydrogen) atoms. The zero-order chi connectivity index (χ0) is 24.1. The number of fused-ring (bicyclic) bond motifs is 1. The number of nitrogens with zero attached hydrogens (tertiary/aromatic N) is 1. The first-order valence-electron chi connectivity index (χ1n) is 10.4. The molecule has 2 amide bonds. The molecule has 1 aromatic heterocycles. The van der Waals surface area contributed by atoms with E-state index in [-0.39, 0.29) is 18.2 Å². The van der Waals surface area contributed by atoms with Gasteiger partial charge in [0, 0.05) is 40.8 Å². The zero-order valence-corrected chi connectivity index (χ0v) is 18.7. The van der Waals surface area contributed by atoms with Crippen LogP contribution in [0.15, 0.2) is 77.8 Å². The van der Waals surface area contributed by atoms with Gasteiger partial charge in [0.05, 0.1) is 5.75 Å². The third kappa shape index (κ3) is 5.43. The van der Waals surface area contributed by atoms with Gasteiger partial charge in [0.15, 0.2) is 0 Å². The Balaban J connectivity index is 1.40. The number of hydrogen-bond acceptors (Lipinski definition) is 3. The van der Waals surface area contributed by atoms with Crippen molar-refractivity contribution in [1.82, 2.24) is 9.88 Å². The highest BCUT2D eigenvalue weighted by Crippen LogP contribution is 2.30. The van der Waals surface area contributed by atoms with Crippen molar-refractivity contribution in [3.63, 3.8) is 0 Å². The molecule has 0 saturated carbocycles. The number of carbonyl (C=O) groups is 2. The summed E-state index contributed by atoms with van der Waals surface area (Å²) in [4.78, 5) is 25.4. The first kappa shape index (κ1) is 23.4. The minimum atomic E-state index is -0.917. The average molecular weight is 484 g/mol. The van der Waals surface area contributed by atoms with Gasteiger partial charge in [0.25, 0.3) is 5.91 Å². The maximum Gasteiger partial charge on any atom is 0.257 e. The van der Waals surface area contributed by atoms with E-state index in [4.69, 9.17) is 0 Å².